The highest BCUT2D eigenvalue weighted by Gasteiger charge is 2.39. The number of carboxylic acid groups (broad SMARTS) is 2. The van der Waals surface area contributed by atoms with Crippen molar-refractivity contribution < 1.29 is 42.5 Å². The van der Waals surface area contributed by atoms with Crippen molar-refractivity contribution in [1.82, 2.24) is 0 Å². The molecular weight excluding hydrogens is 323 g/mol. The lowest BCUT2D eigenvalue weighted by Gasteiger charge is -2.17. The van der Waals surface area contributed by atoms with E-state index in [2.05, 4.69) is 0 Å². The standard InChI is InChI=1S/C11H13NO4.C2HF3O2/c1-11(12,9(13)14)10(15)16-7-8-5-3-2-4-6-8;3-2(4,5)1(6)7/h2-6H,7,12H2,1H3,(H,13,14);(H,6,7). The predicted molar refractivity (Wildman–Crippen MR) is 70.2 cm³/mol. The largest absolute Gasteiger partial charge is 0.490 e. The van der Waals surface area contributed by atoms with E-state index >= 15 is 0 Å². The highest BCUT2D eigenvalue weighted by molar-refractivity contribution is 6.03. The van der Waals surface area contributed by atoms with Gasteiger partial charge >= 0.3 is 24.1 Å². The summed E-state index contributed by atoms with van der Waals surface area (Å²) in [4.78, 5) is 30.9. The Balaban J connectivity index is 0.000000585. The Kier molecular flexibility index (Phi) is 7.20. The maximum absolute atomic E-state index is 11.4. The molecule has 0 aliphatic heterocycles. The molecule has 0 amide bonds. The van der Waals surface area contributed by atoms with Crippen LogP contribution in [0.3, 0.4) is 0 Å². The zero-order chi connectivity index (χ0) is 18.3. The van der Waals surface area contributed by atoms with Crippen molar-refractivity contribution in [3.63, 3.8) is 0 Å². The van der Waals surface area contributed by atoms with Gasteiger partial charge in [0.2, 0.25) is 5.54 Å². The molecule has 1 aromatic rings. The first-order valence-corrected chi connectivity index (χ1v) is 5.92. The van der Waals surface area contributed by atoms with E-state index in [0.29, 0.717) is 0 Å². The minimum Gasteiger partial charge on any atom is -0.479 e. The number of ether oxygens (including phenoxy) is 1. The highest BCUT2D eigenvalue weighted by Crippen LogP contribution is 2.13. The Morgan fingerprint density at radius 3 is 1.87 bits per heavy atom. The number of nitrogens with two attached hydrogens (primary N) is 1. The number of halogens is 3. The van der Waals surface area contributed by atoms with E-state index in [9.17, 15) is 22.8 Å². The van der Waals surface area contributed by atoms with Crippen molar-refractivity contribution >= 4 is 17.9 Å². The number of hydrogen-bond acceptors (Lipinski definition) is 5. The smallest absolute Gasteiger partial charge is 0.479 e. The molecule has 1 rings (SSSR count). The van der Waals surface area contributed by atoms with Crippen molar-refractivity contribution in [3.05, 3.63) is 35.9 Å². The summed E-state index contributed by atoms with van der Waals surface area (Å²) in [6.07, 6.45) is -5.08. The number of carbonyl (C=O) groups excluding carboxylic acids is 1. The number of alkyl halides is 3. The summed E-state index contributed by atoms with van der Waals surface area (Å²) < 4.78 is 36.5. The van der Waals surface area contributed by atoms with Gasteiger partial charge < -0.3 is 20.7 Å². The summed E-state index contributed by atoms with van der Waals surface area (Å²) in [6, 6.07) is 8.95. The lowest BCUT2D eigenvalue weighted by atomic mass is 10.1. The van der Waals surface area contributed by atoms with Crippen LogP contribution in [0.25, 0.3) is 0 Å². The van der Waals surface area contributed by atoms with E-state index < -0.39 is 29.6 Å². The summed E-state index contributed by atoms with van der Waals surface area (Å²) in [5.74, 6) is -5.12. The highest BCUT2D eigenvalue weighted by atomic mass is 19.4. The van der Waals surface area contributed by atoms with Gasteiger partial charge in [-0.15, -0.1) is 0 Å². The second kappa shape index (κ2) is 8.13. The van der Waals surface area contributed by atoms with E-state index in [-0.39, 0.29) is 6.61 Å². The van der Waals surface area contributed by atoms with Gasteiger partial charge in [-0.05, 0) is 12.5 Å². The molecule has 10 heteroatoms. The average molecular weight is 337 g/mol. The lowest BCUT2D eigenvalue weighted by Crippen LogP contribution is -2.53. The van der Waals surface area contributed by atoms with Crippen LogP contribution in [-0.4, -0.2) is 39.8 Å². The average Bonchev–Trinajstić information content (AvgIpc) is 2.45. The van der Waals surface area contributed by atoms with E-state index in [1.165, 1.54) is 0 Å². The molecule has 0 aliphatic rings. The van der Waals surface area contributed by atoms with Crippen LogP contribution < -0.4 is 5.73 Å². The third kappa shape index (κ3) is 7.27. The number of hydrogen-bond donors (Lipinski definition) is 3. The minimum atomic E-state index is -5.08. The van der Waals surface area contributed by atoms with Gasteiger partial charge in [-0.3, -0.25) is 0 Å². The third-order valence-electron chi connectivity index (χ3n) is 2.32. The minimum absolute atomic E-state index is 0.0136. The number of carboxylic acids is 2. The van der Waals surface area contributed by atoms with Crippen molar-refractivity contribution in [2.24, 2.45) is 5.73 Å². The molecule has 0 saturated heterocycles. The Morgan fingerprint density at radius 1 is 1.09 bits per heavy atom. The molecule has 1 atom stereocenters. The first-order chi connectivity index (χ1) is 10.4. The SMILES string of the molecule is CC(N)(C(=O)O)C(=O)OCc1ccccc1.O=C(O)C(F)(F)F. The van der Waals surface area contributed by atoms with E-state index in [1.54, 1.807) is 24.3 Å². The fraction of sp³-hybridized carbons (Fsp3) is 0.308. The molecule has 4 N–H and O–H groups in total. The van der Waals surface area contributed by atoms with Crippen molar-refractivity contribution in [3.8, 4) is 0 Å². The first-order valence-electron chi connectivity index (χ1n) is 5.92. The van der Waals surface area contributed by atoms with Crippen LogP contribution in [0.15, 0.2) is 30.3 Å². The lowest BCUT2D eigenvalue weighted by molar-refractivity contribution is -0.192. The van der Waals surface area contributed by atoms with Crippen LogP contribution in [0.4, 0.5) is 13.2 Å². The molecule has 0 spiro atoms. The molecule has 0 radical (unpaired) electrons. The van der Waals surface area contributed by atoms with Crippen molar-refractivity contribution in [2.75, 3.05) is 0 Å². The summed E-state index contributed by atoms with van der Waals surface area (Å²) in [5.41, 5.74) is 4.06. The molecule has 128 valence electrons. The van der Waals surface area contributed by atoms with Gasteiger partial charge in [0.15, 0.2) is 0 Å². The molecule has 1 unspecified atom stereocenters. The summed E-state index contributed by atoms with van der Waals surface area (Å²) in [5, 5.41) is 15.8. The number of esters is 1. The topological polar surface area (TPSA) is 127 Å². The number of rotatable bonds is 4. The van der Waals surface area contributed by atoms with Crippen molar-refractivity contribution in [1.29, 1.82) is 0 Å². The second-order valence-electron chi connectivity index (χ2n) is 4.37. The van der Waals surface area contributed by atoms with Gasteiger partial charge in [-0.25, -0.2) is 14.4 Å². The molecule has 1 aromatic carbocycles. The monoisotopic (exact) mass is 337 g/mol. The second-order valence-corrected chi connectivity index (χ2v) is 4.37. The molecule has 0 aliphatic carbocycles. The molecule has 7 nitrogen and oxygen atoms in total. The number of carbonyl (C=O) groups is 3. The third-order valence-corrected chi connectivity index (χ3v) is 2.32. The Hall–Kier alpha value is -2.62. The summed E-state index contributed by atoms with van der Waals surface area (Å²) >= 11 is 0. The fourth-order valence-corrected chi connectivity index (χ4v) is 0.960. The summed E-state index contributed by atoms with van der Waals surface area (Å²) in [7, 11) is 0. The predicted octanol–water partition coefficient (Wildman–Crippen LogP) is 1.17. The van der Waals surface area contributed by atoms with Gasteiger partial charge in [0.25, 0.3) is 0 Å². The van der Waals surface area contributed by atoms with Crippen LogP contribution >= 0.6 is 0 Å². The maximum atomic E-state index is 11.4. The quantitative estimate of drug-likeness (QED) is 0.556. The molecule has 0 fully saturated rings. The van der Waals surface area contributed by atoms with Gasteiger partial charge in [0.1, 0.15) is 6.61 Å². The van der Waals surface area contributed by atoms with Gasteiger partial charge in [0, 0.05) is 0 Å². The Morgan fingerprint density at radius 2 is 1.52 bits per heavy atom. The summed E-state index contributed by atoms with van der Waals surface area (Å²) in [6.45, 7) is 1.11. The molecular formula is C13H14F3NO6. The van der Waals surface area contributed by atoms with E-state index in [4.69, 9.17) is 25.5 Å². The zero-order valence-electron chi connectivity index (χ0n) is 11.8. The van der Waals surface area contributed by atoms with Crippen molar-refractivity contribution in [2.45, 2.75) is 25.2 Å². The maximum Gasteiger partial charge on any atom is 0.490 e. The molecule has 0 heterocycles. The van der Waals surface area contributed by atoms with Crippen LogP contribution in [0.2, 0.25) is 0 Å². The van der Waals surface area contributed by atoms with Crippen LogP contribution in [0, 0.1) is 0 Å². The molecule has 0 saturated carbocycles. The van der Waals surface area contributed by atoms with Gasteiger partial charge in [0.05, 0.1) is 0 Å². The van der Waals surface area contributed by atoms with E-state index in [0.717, 1.165) is 12.5 Å². The zero-order valence-corrected chi connectivity index (χ0v) is 11.8. The Labute approximate surface area is 128 Å². The van der Waals surface area contributed by atoms with Gasteiger partial charge in [-0.2, -0.15) is 13.2 Å². The Bertz CT molecular complexity index is 557. The van der Waals surface area contributed by atoms with E-state index in [1.807, 2.05) is 6.07 Å². The molecule has 23 heavy (non-hydrogen) atoms. The van der Waals surface area contributed by atoms with Crippen LogP contribution in [0.1, 0.15) is 12.5 Å². The molecule has 0 aromatic heterocycles. The van der Waals surface area contributed by atoms with Crippen LogP contribution in [0.5, 0.6) is 0 Å². The van der Waals surface area contributed by atoms with Crippen LogP contribution in [-0.2, 0) is 25.7 Å². The fourth-order valence-electron chi connectivity index (χ4n) is 0.960. The molecule has 0 bridgehead atoms. The number of benzene rings is 1. The number of aliphatic carboxylic acids is 2. The van der Waals surface area contributed by atoms with Gasteiger partial charge in [-0.1, -0.05) is 30.3 Å². The normalized spacial score (nSPS) is 13.1. The first kappa shape index (κ1) is 20.4.